The molecule has 2 rings (SSSR count). The molecule has 0 radical (unpaired) electrons. The van der Waals surface area contributed by atoms with Gasteiger partial charge in [0.2, 0.25) is 0 Å². The summed E-state index contributed by atoms with van der Waals surface area (Å²) in [4.78, 5) is 15.5. The number of halogens is 1. The number of nitriles is 1. The van der Waals surface area contributed by atoms with Crippen LogP contribution in [0.5, 0.6) is 16.7 Å². The van der Waals surface area contributed by atoms with E-state index in [0.717, 1.165) is 11.3 Å². The molecule has 0 fully saturated rings. The molecule has 0 atom stereocenters. The Balaban J connectivity index is 2.30. The van der Waals surface area contributed by atoms with Gasteiger partial charge in [0.15, 0.2) is 10.0 Å². The lowest BCUT2D eigenvalue weighted by Gasteiger charge is -2.05. The third-order valence-corrected chi connectivity index (χ3v) is 3.69. The third kappa shape index (κ3) is 3.42. The summed E-state index contributed by atoms with van der Waals surface area (Å²) in [6.45, 7) is 0. The normalized spacial score (nSPS) is 9.81. The van der Waals surface area contributed by atoms with E-state index < -0.39 is 5.97 Å². The Bertz CT molecular complexity index is 723. The Morgan fingerprint density at radius 2 is 2.05 bits per heavy atom. The molecular weight excluding hydrogens is 316 g/mol. The Labute approximate surface area is 129 Å². The second-order valence-corrected chi connectivity index (χ2v) is 5.02. The molecule has 21 heavy (non-hydrogen) atoms. The van der Waals surface area contributed by atoms with Crippen LogP contribution in [0.1, 0.15) is 15.2 Å². The number of esters is 1. The van der Waals surface area contributed by atoms with E-state index in [1.807, 2.05) is 6.07 Å². The maximum Gasteiger partial charge on any atom is 0.351 e. The van der Waals surface area contributed by atoms with Crippen molar-refractivity contribution in [2.75, 3.05) is 14.2 Å². The summed E-state index contributed by atoms with van der Waals surface area (Å²) in [5.74, 6) is 0.239. The summed E-state index contributed by atoms with van der Waals surface area (Å²) in [6, 6.07) is 6.68. The maximum absolute atomic E-state index is 11.4. The first-order chi connectivity index (χ1) is 10.1. The summed E-state index contributed by atoms with van der Waals surface area (Å²) >= 11 is 6.79. The Morgan fingerprint density at radius 1 is 1.33 bits per heavy atom. The van der Waals surface area contributed by atoms with Crippen molar-refractivity contribution in [1.29, 1.82) is 5.26 Å². The van der Waals surface area contributed by atoms with Crippen LogP contribution in [-0.2, 0) is 4.74 Å². The molecule has 0 bridgehead atoms. The second kappa shape index (κ2) is 6.43. The maximum atomic E-state index is 11.4. The Morgan fingerprint density at radius 3 is 2.67 bits per heavy atom. The number of hydrogen-bond acceptors (Lipinski definition) is 7. The van der Waals surface area contributed by atoms with Crippen LogP contribution in [0.15, 0.2) is 18.2 Å². The number of rotatable bonds is 4. The number of aromatic nitrogens is 1. The molecule has 0 aliphatic rings. The van der Waals surface area contributed by atoms with Crippen LogP contribution in [-0.4, -0.2) is 25.2 Å². The van der Waals surface area contributed by atoms with Crippen molar-refractivity contribution in [2.24, 2.45) is 0 Å². The van der Waals surface area contributed by atoms with Crippen molar-refractivity contribution in [2.45, 2.75) is 0 Å². The first-order valence-corrected chi connectivity index (χ1v) is 6.78. The van der Waals surface area contributed by atoms with Crippen LogP contribution in [0.2, 0.25) is 5.15 Å². The smallest absolute Gasteiger partial charge is 0.351 e. The fourth-order valence-corrected chi connectivity index (χ4v) is 2.53. The van der Waals surface area contributed by atoms with Gasteiger partial charge in [-0.2, -0.15) is 10.2 Å². The molecule has 0 aliphatic carbocycles. The number of carbonyl (C=O) groups is 1. The van der Waals surface area contributed by atoms with Crippen molar-refractivity contribution < 1.29 is 19.0 Å². The van der Waals surface area contributed by atoms with Gasteiger partial charge >= 0.3 is 5.97 Å². The predicted molar refractivity (Wildman–Crippen MR) is 76.2 cm³/mol. The molecule has 8 heteroatoms. The monoisotopic (exact) mass is 324 g/mol. The van der Waals surface area contributed by atoms with Gasteiger partial charge in [-0.1, -0.05) is 22.9 Å². The van der Waals surface area contributed by atoms with Crippen LogP contribution in [0, 0.1) is 11.3 Å². The van der Waals surface area contributed by atoms with E-state index >= 15 is 0 Å². The lowest BCUT2D eigenvalue weighted by atomic mass is 10.2. The van der Waals surface area contributed by atoms with Gasteiger partial charge in [-0.3, -0.25) is 0 Å². The molecule has 1 heterocycles. The molecule has 1 aromatic carbocycles. The highest BCUT2D eigenvalue weighted by atomic mass is 35.5. The second-order valence-electron chi connectivity index (χ2n) is 3.70. The molecule has 6 nitrogen and oxygen atoms in total. The van der Waals surface area contributed by atoms with E-state index in [-0.39, 0.29) is 15.2 Å². The highest BCUT2D eigenvalue weighted by Crippen LogP contribution is 2.34. The van der Waals surface area contributed by atoms with Crippen molar-refractivity contribution in [3.63, 3.8) is 0 Å². The van der Waals surface area contributed by atoms with Gasteiger partial charge in [-0.05, 0) is 12.1 Å². The van der Waals surface area contributed by atoms with Crippen LogP contribution < -0.4 is 9.47 Å². The molecule has 0 amide bonds. The number of benzene rings is 1. The number of nitrogens with zero attached hydrogens (tertiary/aromatic N) is 2. The molecule has 0 N–H and O–H groups in total. The van der Waals surface area contributed by atoms with Crippen LogP contribution >= 0.6 is 22.9 Å². The molecular formula is C13H9ClN2O4S. The van der Waals surface area contributed by atoms with Crippen LogP contribution in [0.4, 0.5) is 0 Å². The molecule has 2 aromatic rings. The van der Waals surface area contributed by atoms with Crippen molar-refractivity contribution in [1.82, 2.24) is 4.98 Å². The third-order valence-electron chi connectivity index (χ3n) is 2.39. The summed E-state index contributed by atoms with van der Waals surface area (Å²) in [7, 11) is 2.73. The lowest BCUT2D eigenvalue weighted by molar-refractivity contribution is 0.0606. The lowest BCUT2D eigenvalue weighted by Crippen LogP contribution is -1.98. The zero-order chi connectivity index (χ0) is 15.4. The zero-order valence-electron chi connectivity index (χ0n) is 11.0. The molecule has 0 saturated carbocycles. The molecule has 0 aliphatic heterocycles. The molecule has 0 spiro atoms. The van der Waals surface area contributed by atoms with E-state index in [0.29, 0.717) is 17.1 Å². The fourth-order valence-electron chi connectivity index (χ4n) is 1.46. The number of thiazole rings is 1. The van der Waals surface area contributed by atoms with Gasteiger partial charge < -0.3 is 14.2 Å². The average molecular weight is 325 g/mol. The number of hydrogen-bond donors (Lipinski definition) is 0. The van der Waals surface area contributed by atoms with E-state index in [4.69, 9.17) is 26.3 Å². The fraction of sp³-hybridized carbons (Fsp3) is 0.154. The van der Waals surface area contributed by atoms with Crippen molar-refractivity contribution in [3.8, 4) is 22.8 Å². The summed E-state index contributed by atoms with van der Waals surface area (Å²) in [6.07, 6.45) is 0. The summed E-state index contributed by atoms with van der Waals surface area (Å²) in [5, 5.41) is 9.11. The number of methoxy groups -OCH3 is 2. The van der Waals surface area contributed by atoms with Crippen LogP contribution in [0.3, 0.4) is 0 Å². The first kappa shape index (κ1) is 15.1. The standard InChI is InChI=1S/C13H9ClN2O4S/c1-18-8-3-7(6-15)4-9(5-8)20-13-16-11(14)10(21-13)12(17)19-2/h3-5H,1-2H3. The highest BCUT2D eigenvalue weighted by molar-refractivity contribution is 7.15. The van der Waals surface area contributed by atoms with Gasteiger partial charge in [-0.15, -0.1) is 0 Å². The Hall–Kier alpha value is -2.30. The minimum atomic E-state index is -0.587. The largest absolute Gasteiger partial charge is 0.497 e. The van der Waals surface area contributed by atoms with Gasteiger partial charge in [0, 0.05) is 6.07 Å². The summed E-state index contributed by atoms with van der Waals surface area (Å²) < 4.78 is 15.2. The SMILES string of the molecule is COC(=O)c1sc(Oc2cc(C#N)cc(OC)c2)nc1Cl. The molecule has 1 aromatic heterocycles. The van der Waals surface area contributed by atoms with Gasteiger partial charge in [0.25, 0.3) is 5.19 Å². The van der Waals surface area contributed by atoms with Gasteiger partial charge in [-0.25, -0.2) is 4.79 Å². The molecule has 0 unspecified atom stereocenters. The minimum Gasteiger partial charge on any atom is -0.497 e. The van der Waals surface area contributed by atoms with Gasteiger partial charge in [0.1, 0.15) is 11.5 Å². The zero-order valence-corrected chi connectivity index (χ0v) is 12.6. The van der Waals surface area contributed by atoms with E-state index in [1.165, 1.54) is 20.3 Å². The van der Waals surface area contributed by atoms with E-state index in [9.17, 15) is 4.79 Å². The predicted octanol–water partition coefficient (Wildman–Crippen LogP) is 3.26. The van der Waals surface area contributed by atoms with Crippen molar-refractivity contribution >= 4 is 28.9 Å². The van der Waals surface area contributed by atoms with Crippen molar-refractivity contribution in [3.05, 3.63) is 33.8 Å². The molecule has 108 valence electrons. The minimum absolute atomic E-state index is 0.00486. The van der Waals surface area contributed by atoms with E-state index in [2.05, 4.69) is 9.72 Å². The Kier molecular flexibility index (Phi) is 4.62. The van der Waals surface area contributed by atoms with E-state index in [1.54, 1.807) is 12.1 Å². The number of ether oxygens (including phenoxy) is 3. The first-order valence-electron chi connectivity index (χ1n) is 5.59. The van der Waals surface area contributed by atoms with Crippen LogP contribution in [0.25, 0.3) is 0 Å². The topological polar surface area (TPSA) is 81.4 Å². The highest BCUT2D eigenvalue weighted by Gasteiger charge is 2.18. The number of carbonyl (C=O) groups excluding carboxylic acids is 1. The van der Waals surface area contributed by atoms with Gasteiger partial charge in [0.05, 0.1) is 25.9 Å². The molecule has 0 saturated heterocycles. The average Bonchev–Trinajstić information content (AvgIpc) is 2.86. The quantitative estimate of drug-likeness (QED) is 0.803. The summed E-state index contributed by atoms with van der Waals surface area (Å²) in [5.41, 5.74) is 0.375.